The van der Waals surface area contributed by atoms with Gasteiger partial charge < -0.3 is 14.8 Å². The lowest BCUT2D eigenvalue weighted by Crippen LogP contribution is -2.48. The number of rotatable bonds is 6. The predicted molar refractivity (Wildman–Crippen MR) is 140 cm³/mol. The number of hydrazine groups is 1. The van der Waals surface area contributed by atoms with Crippen molar-refractivity contribution >= 4 is 68.7 Å². The lowest BCUT2D eigenvalue weighted by molar-refractivity contribution is -0.127. The van der Waals surface area contributed by atoms with Gasteiger partial charge in [0.1, 0.15) is 10.6 Å². The molecule has 0 unspecified atom stereocenters. The van der Waals surface area contributed by atoms with Crippen molar-refractivity contribution in [3.05, 3.63) is 69.0 Å². The van der Waals surface area contributed by atoms with E-state index in [1.165, 1.54) is 25.4 Å². The number of halogens is 2. The third kappa shape index (κ3) is 5.98. The largest absolute Gasteiger partial charge is 0.478 e. The molecule has 11 heteroatoms. The summed E-state index contributed by atoms with van der Waals surface area (Å²) in [6.07, 6.45) is -0.924. The molecule has 0 spiro atoms. The van der Waals surface area contributed by atoms with Gasteiger partial charge in [-0.3, -0.25) is 15.6 Å². The Morgan fingerprint density at radius 3 is 2.29 bits per heavy atom. The minimum Gasteiger partial charge on any atom is -0.478 e. The van der Waals surface area contributed by atoms with Crippen LogP contribution < -0.4 is 20.9 Å². The molecule has 0 bridgehead atoms. The number of benzene rings is 2. The maximum Gasteiger partial charge on any atom is 0.341 e. The lowest BCUT2D eigenvalue weighted by Gasteiger charge is -2.17. The minimum absolute atomic E-state index is 0.0716. The van der Waals surface area contributed by atoms with E-state index in [1.807, 2.05) is 37.3 Å². The van der Waals surface area contributed by atoms with Gasteiger partial charge in [0.25, 0.3) is 5.91 Å². The van der Waals surface area contributed by atoms with Crippen LogP contribution in [0.1, 0.15) is 22.2 Å². The molecule has 0 fully saturated rings. The number of carbonyl (C=O) groups excluding carboxylic acids is 2. The van der Waals surface area contributed by atoms with Crippen LogP contribution in [0.5, 0.6) is 5.75 Å². The second-order valence-electron chi connectivity index (χ2n) is 6.97. The first kappa shape index (κ1) is 25.8. The van der Waals surface area contributed by atoms with Crippen molar-refractivity contribution in [1.82, 2.24) is 10.9 Å². The molecule has 0 aliphatic rings. The summed E-state index contributed by atoms with van der Waals surface area (Å²) in [7, 11) is 1.32. The Morgan fingerprint density at radius 2 is 1.68 bits per heavy atom. The Morgan fingerprint density at radius 1 is 1.03 bits per heavy atom. The summed E-state index contributed by atoms with van der Waals surface area (Å²) >= 11 is 18.8. The molecule has 0 saturated heterocycles. The number of ether oxygens (including phenoxy) is 2. The number of amides is 1. The second-order valence-corrected chi connectivity index (χ2v) is 9.42. The Kier molecular flexibility index (Phi) is 8.73. The fourth-order valence-corrected chi connectivity index (χ4v) is 4.83. The number of methoxy groups -OCH3 is 1. The van der Waals surface area contributed by atoms with Crippen LogP contribution in [0.15, 0.2) is 48.5 Å². The number of thiophene rings is 1. The zero-order valence-electron chi connectivity index (χ0n) is 18.4. The molecule has 178 valence electrons. The Labute approximate surface area is 216 Å². The van der Waals surface area contributed by atoms with Crippen molar-refractivity contribution in [1.29, 1.82) is 0 Å². The molecule has 3 rings (SSSR count). The van der Waals surface area contributed by atoms with Crippen LogP contribution in [0.2, 0.25) is 10.0 Å². The predicted octanol–water partition coefficient (Wildman–Crippen LogP) is 5.60. The van der Waals surface area contributed by atoms with E-state index >= 15 is 0 Å². The van der Waals surface area contributed by atoms with Crippen molar-refractivity contribution in [2.24, 2.45) is 0 Å². The Bertz CT molecular complexity index is 1200. The maximum atomic E-state index is 12.6. The summed E-state index contributed by atoms with van der Waals surface area (Å²) in [5.41, 5.74) is 7.06. The summed E-state index contributed by atoms with van der Waals surface area (Å²) in [5, 5.41) is 4.09. The quantitative estimate of drug-likeness (QED) is 0.214. The van der Waals surface area contributed by atoms with Crippen LogP contribution in [0.3, 0.4) is 0 Å². The number of esters is 1. The van der Waals surface area contributed by atoms with Crippen molar-refractivity contribution < 1.29 is 19.1 Å². The summed E-state index contributed by atoms with van der Waals surface area (Å²) < 4.78 is 10.6. The molecule has 0 radical (unpaired) electrons. The topological polar surface area (TPSA) is 88.7 Å². The first-order valence-corrected chi connectivity index (χ1v) is 12.0. The third-order valence-corrected chi connectivity index (χ3v) is 6.47. The molecule has 1 aromatic heterocycles. The molecular weight excluding hydrogens is 517 g/mol. The van der Waals surface area contributed by atoms with Crippen LogP contribution in [0, 0.1) is 6.92 Å². The van der Waals surface area contributed by atoms with Crippen LogP contribution in [0.4, 0.5) is 5.00 Å². The van der Waals surface area contributed by atoms with E-state index in [9.17, 15) is 9.59 Å². The smallest absolute Gasteiger partial charge is 0.341 e. The first-order chi connectivity index (χ1) is 16.2. The minimum atomic E-state index is -0.924. The number of hydrogen-bond donors (Lipinski definition) is 3. The molecule has 2 aromatic carbocycles. The highest BCUT2D eigenvalue weighted by atomic mass is 35.5. The average molecular weight is 538 g/mol. The molecule has 7 nitrogen and oxygen atoms in total. The van der Waals surface area contributed by atoms with Gasteiger partial charge in [0.05, 0.1) is 17.2 Å². The standard InChI is InChI=1S/C23H21Cl2N3O4S2/c1-12(32-19-15(24)10-7-11-16(19)25)20(29)27-28-23(33)26-21-18(22(30)31-3)17(13(2)34-21)14-8-5-4-6-9-14/h4-12H,1-3H3,(H,27,29)(H2,26,28,33)/t12-/m1/s1. The Hall–Kier alpha value is -2.85. The van der Waals surface area contributed by atoms with Crippen LogP contribution in [-0.2, 0) is 9.53 Å². The maximum absolute atomic E-state index is 12.6. The molecule has 0 saturated carbocycles. The highest BCUT2D eigenvalue weighted by Crippen LogP contribution is 2.40. The van der Waals surface area contributed by atoms with Gasteiger partial charge in [-0.05, 0) is 43.8 Å². The van der Waals surface area contributed by atoms with Gasteiger partial charge in [0.15, 0.2) is 17.0 Å². The van der Waals surface area contributed by atoms with E-state index in [4.69, 9.17) is 44.9 Å². The first-order valence-electron chi connectivity index (χ1n) is 9.97. The summed E-state index contributed by atoms with van der Waals surface area (Å²) in [4.78, 5) is 25.9. The van der Waals surface area contributed by atoms with Gasteiger partial charge >= 0.3 is 5.97 Å². The van der Waals surface area contributed by atoms with Gasteiger partial charge in [-0.15, -0.1) is 11.3 Å². The fourth-order valence-electron chi connectivity index (χ4n) is 3.06. The van der Waals surface area contributed by atoms with Crippen molar-refractivity contribution in [2.45, 2.75) is 20.0 Å². The fraction of sp³-hybridized carbons (Fsp3) is 0.174. The van der Waals surface area contributed by atoms with Gasteiger partial charge in [0, 0.05) is 10.4 Å². The van der Waals surface area contributed by atoms with Gasteiger partial charge in [-0.25, -0.2) is 4.79 Å². The lowest BCUT2D eigenvalue weighted by atomic mass is 10.0. The van der Waals surface area contributed by atoms with E-state index < -0.39 is 18.0 Å². The highest BCUT2D eigenvalue weighted by molar-refractivity contribution is 7.80. The van der Waals surface area contributed by atoms with Gasteiger partial charge in [-0.1, -0.05) is 59.6 Å². The molecule has 3 N–H and O–H groups in total. The monoisotopic (exact) mass is 537 g/mol. The van der Waals surface area contributed by atoms with E-state index in [-0.39, 0.29) is 20.9 Å². The molecule has 1 heterocycles. The summed E-state index contributed by atoms with van der Waals surface area (Å²) in [6.45, 7) is 3.44. The van der Waals surface area contributed by atoms with Gasteiger partial charge in [0.2, 0.25) is 0 Å². The second kappa shape index (κ2) is 11.5. The number of aryl methyl sites for hydroxylation is 1. The number of anilines is 1. The number of thiocarbonyl (C=S) groups is 1. The number of hydrogen-bond acceptors (Lipinski definition) is 6. The summed E-state index contributed by atoms with van der Waals surface area (Å²) in [5.74, 6) is -0.809. The van der Waals surface area contributed by atoms with Gasteiger partial charge in [-0.2, -0.15) is 0 Å². The highest BCUT2D eigenvalue weighted by Gasteiger charge is 2.25. The van der Waals surface area contributed by atoms with Crippen molar-refractivity contribution in [2.75, 3.05) is 12.4 Å². The van der Waals surface area contributed by atoms with E-state index in [1.54, 1.807) is 18.2 Å². The normalized spacial score (nSPS) is 11.3. The number of nitrogens with one attached hydrogen (secondary N) is 3. The summed E-state index contributed by atoms with van der Waals surface area (Å²) in [6, 6.07) is 14.4. The van der Waals surface area contributed by atoms with E-state index in [2.05, 4.69) is 16.2 Å². The SMILES string of the molecule is COC(=O)c1c(NC(=S)NNC(=O)[C@@H](C)Oc2c(Cl)cccc2Cl)sc(C)c1-c1ccccc1. The van der Waals surface area contributed by atoms with E-state index in [0.29, 0.717) is 10.6 Å². The molecule has 0 aliphatic carbocycles. The molecular formula is C23H21Cl2N3O4S2. The average Bonchev–Trinajstić information content (AvgIpc) is 3.15. The van der Waals surface area contributed by atoms with Crippen LogP contribution in [-0.4, -0.2) is 30.2 Å². The third-order valence-electron chi connectivity index (χ3n) is 4.65. The molecule has 34 heavy (non-hydrogen) atoms. The zero-order valence-corrected chi connectivity index (χ0v) is 21.5. The number of para-hydroxylation sites is 1. The molecule has 1 atom stereocenters. The van der Waals surface area contributed by atoms with E-state index in [0.717, 1.165) is 16.0 Å². The molecule has 0 aliphatic heterocycles. The van der Waals surface area contributed by atoms with Crippen LogP contribution >= 0.6 is 46.8 Å². The van der Waals surface area contributed by atoms with Crippen molar-refractivity contribution in [3.63, 3.8) is 0 Å². The molecule has 1 amide bonds. The zero-order chi connectivity index (χ0) is 24.8. The van der Waals surface area contributed by atoms with Crippen molar-refractivity contribution in [3.8, 4) is 16.9 Å². The molecule has 3 aromatic rings. The number of carbonyl (C=O) groups is 2. The van der Waals surface area contributed by atoms with Crippen LogP contribution in [0.25, 0.3) is 11.1 Å². The Balaban J connectivity index is 1.69.